The topological polar surface area (TPSA) is 49.9 Å². The third-order valence-electron chi connectivity index (χ3n) is 4.50. The lowest BCUT2D eigenvalue weighted by molar-refractivity contribution is -0.128. The summed E-state index contributed by atoms with van der Waals surface area (Å²) in [5.74, 6) is 0.0712. The Morgan fingerprint density at radius 1 is 1.14 bits per heavy atom. The summed E-state index contributed by atoms with van der Waals surface area (Å²) in [7, 11) is 0. The molecule has 3 rings (SSSR count). The molecule has 2 aromatic rings. The number of carbonyl (C=O) groups is 2. The van der Waals surface area contributed by atoms with Gasteiger partial charge in [0.1, 0.15) is 12.4 Å². The monoisotopic (exact) mass is 440 g/mol. The first-order chi connectivity index (χ1) is 13.3. The first-order valence-corrected chi connectivity index (χ1v) is 9.90. The number of rotatable bonds is 6. The van der Waals surface area contributed by atoms with Gasteiger partial charge in [0.05, 0.1) is 5.02 Å². The van der Waals surface area contributed by atoms with Gasteiger partial charge in [0.2, 0.25) is 5.91 Å². The molecule has 0 bridgehead atoms. The normalized spacial score (nSPS) is 13.7. The summed E-state index contributed by atoms with van der Waals surface area (Å²) in [4.78, 5) is 28.1. The molecule has 8 heteroatoms. The molecule has 0 saturated carbocycles. The molecule has 0 radical (unpaired) electrons. The lowest BCUT2D eigenvalue weighted by Gasteiger charge is -2.28. The number of carbonyl (C=O) groups excluding carboxylic acids is 2. The second-order valence-electron chi connectivity index (χ2n) is 6.52. The summed E-state index contributed by atoms with van der Waals surface area (Å²) < 4.78 is 5.58. The van der Waals surface area contributed by atoms with Crippen LogP contribution in [0.5, 0.6) is 5.75 Å². The first-order valence-electron chi connectivity index (χ1n) is 8.77. The third kappa shape index (κ3) is 4.90. The van der Waals surface area contributed by atoms with Crippen LogP contribution >= 0.6 is 34.8 Å². The Labute approximate surface area is 178 Å². The third-order valence-corrected chi connectivity index (χ3v) is 5.43. The van der Waals surface area contributed by atoms with Gasteiger partial charge in [0.15, 0.2) is 6.61 Å². The Bertz CT molecular complexity index is 904. The average Bonchev–Trinajstić information content (AvgIpc) is 3.06. The van der Waals surface area contributed by atoms with Crippen LogP contribution in [0, 0.1) is 6.92 Å². The second-order valence-corrected chi connectivity index (χ2v) is 7.77. The number of amides is 2. The lowest BCUT2D eigenvalue weighted by atomic mass is 10.2. The van der Waals surface area contributed by atoms with Crippen molar-refractivity contribution in [1.29, 1.82) is 0 Å². The highest BCUT2D eigenvalue weighted by Crippen LogP contribution is 2.28. The molecule has 0 aromatic heterocycles. The summed E-state index contributed by atoms with van der Waals surface area (Å²) in [5.41, 5.74) is 1.50. The first kappa shape index (κ1) is 20.8. The Kier molecular flexibility index (Phi) is 6.70. The Hall–Kier alpha value is -1.95. The van der Waals surface area contributed by atoms with Gasteiger partial charge < -0.3 is 9.64 Å². The van der Waals surface area contributed by atoms with Gasteiger partial charge in [-0.25, -0.2) is 0 Å². The zero-order chi connectivity index (χ0) is 20.3. The van der Waals surface area contributed by atoms with E-state index in [0.717, 1.165) is 12.0 Å². The number of likely N-dealkylation sites (tertiary alicyclic amines) is 1. The van der Waals surface area contributed by atoms with Crippen LogP contribution in [0.1, 0.15) is 18.4 Å². The van der Waals surface area contributed by atoms with Crippen molar-refractivity contribution in [1.82, 2.24) is 4.90 Å². The maximum atomic E-state index is 12.9. The molecule has 0 spiro atoms. The van der Waals surface area contributed by atoms with Crippen LogP contribution in [-0.4, -0.2) is 36.5 Å². The van der Waals surface area contributed by atoms with Crippen LogP contribution in [0.15, 0.2) is 36.4 Å². The van der Waals surface area contributed by atoms with Crippen LogP contribution in [0.4, 0.5) is 5.69 Å². The smallest absolute Gasteiger partial charge is 0.266 e. The molecular weight excluding hydrogens is 423 g/mol. The van der Waals surface area contributed by atoms with Crippen molar-refractivity contribution >= 4 is 52.3 Å². The molecule has 1 fully saturated rings. The predicted molar refractivity (Wildman–Crippen MR) is 111 cm³/mol. The van der Waals surface area contributed by atoms with Crippen LogP contribution in [-0.2, 0) is 9.59 Å². The van der Waals surface area contributed by atoms with Gasteiger partial charge in [-0.15, -0.1) is 0 Å². The molecule has 1 aliphatic heterocycles. The maximum Gasteiger partial charge on any atom is 0.266 e. The van der Waals surface area contributed by atoms with E-state index in [-0.39, 0.29) is 25.1 Å². The highest BCUT2D eigenvalue weighted by molar-refractivity contribution is 6.35. The van der Waals surface area contributed by atoms with E-state index in [2.05, 4.69) is 0 Å². The van der Waals surface area contributed by atoms with E-state index in [0.29, 0.717) is 39.5 Å². The van der Waals surface area contributed by atoms with Crippen molar-refractivity contribution in [2.75, 3.05) is 24.7 Å². The zero-order valence-corrected chi connectivity index (χ0v) is 17.5. The minimum atomic E-state index is -0.314. The molecule has 0 atom stereocenters. The predicted octanol–water partition coefficient (Wildman–Crippen LogP) is 4.95. The van der Waals surface area contributed by atoms with E-state index >= 15 is 0 Å². The number of hydrogen-bond acceptors (Lipinski definition) is 3. The largest absolute Gasteiger partial charge is 0.482 e. The van der Waals surface area contributed by atoms with E-state index in [9.17, 15) is 9.59 Å². The van der Waals surface area contributed by atoms with Crippen molar-refractivity contribution in [2.45, 2.75) is 19.8 Å². The minimum Gasteiger partial charge on any atom is -0.482 e. The highest BCUT2D eigenvalue weighted by atomic mass is 35.5. The number of nitrogens with zero attached hydrogens (tertiary/aromatic N) is 2. The van der Waals surface area contributed by atoms with Crippen molar-refractivity contribution in [3.05, 3.63) is 57.0 Å². The number of aryl methyl sites for hydroxylation is 1. The Balaban J connectivity index is 1.79. The average molecular weight is 442 g/mol. The molecule has 1 aliphatic rings. The van der Waals surface area contributed by atoms with Crippen LogP contribution in [0.3, 0.4) is 0 Å². The molecule has 1 heterocycles. The number of halogens is 3. The van der Waals surface area contributed by atoms with Gasteiger partial charge in [-0.1, -0.05) is 40.9 Å². The fraction of sp³-hybridized carbons (Fsp3) is 0.300. The lowest BCUT2D eigenvalue weighted by Crippen LogP contribution is -2.44. The van der Waals surface area contributed by atoms with E-state index in [1.807, 2.05) is 13.0 Å². The fourth-order valence-corrected chi connectivity index (χ4v) is 3.53. The summed E-state index contributed by atoms with van der Waals surface area (Å²) in [5, 5.41) is 1.34. The highest BCUT2D eigenvalue weighted by Gasteiger charge is 2.26. The standard InChI is InChI=1S/C20H19Cl3N2O3/c1-13-4-6-15(10-16(13)22)25(12-24-8-2-3-19(24)26)20(27)11-28-18-7-5-14(21)9-17(18)23/h4-7,9-10H,2-3,8,11-12H2,1H3. The Morgan fingerprint density at radius 3 is 2.57 bits per heavy atom. The number of ether oxygens (including phenoxy) is 1. The molecule has 0 aliphatic carbocycles. The van der Waals surface area contributed by atoms with Crippen LogP contribution < -0.4 is 9.64 Å². The molecular formula is C20H19Cl3N2O3. The van der Waals surface area contributed by atoms with Crippen molar-refractivity contribution in [2.24, 2.45) is 0 Å². The molecule has 0 N–H and O–H groups in total. The van der Waals surface area contributed by atoms with Gasteiger partial charge in [-0.05, 0) is 49.2 Å². The quantitative estimate of drug-likeness (QED) is 0.637. The fourth-order valence-electron chi connectivity index (χ4n) is 2.89. The summed E-state index contributed by atoms with van der Waals surface area (Å²) in [6.07, 6.45) is 1.28. The molecule has 0 unspecified atom stereocenters. The summed E-state index contributed by atoms with van der Waals surface area (Å²) in [6, 6.07) is 10.1. The number of hydrogen-bond donors (Lipinski definition) is 0. The molecule has 5 nitrogen and oxygen atoms in total. The number of benzene rings is 2. The van der Waals surface area contributed by atoms with Gasteiger partial charge in [-0.3, -0.25) is 14.5 Å². The molecule has 28 heavy (non-hydrogen) atoms. The van der Waals surface area contributed by atoms with Gasteiger partial charge >= 0.3 is 0 Å². The molecule has 148 valence electrons. The molecule has 2 aromatic carbocycles. The Morgan fingerprint density at radius 2 is 1.93 bits per heavy atom. The van der Waals surface area contributed by atoms with Crippen molar-refractivity contribution in [3.8, 4) is 5.75 Å². The number of anilines is 1. The maximum absolute atomic E-state index is 12.9. The van der Waals surface area contributed by atoms with Crippen LogP contribution in [0.2, 0.25) is 15.1 Å². The zero-order valence-electron chi connectivity index (χ0n) is 15.3. The van der Waals surface area contributed by atoms with Gasteiger partial charge in [0.25, 0.3) is 5.91 Å². The minimum absolute atomic E-state index is 0.0256. The van der Waals surface area contributed by atoms with Crippen molar-refractivity contribution < 1.29 is 14.3 Å². The van der Waals surface area contributed by atoms with E-state index < -0.39 is 0 Å². The van der Waals surface area contributed by atoms with E-state index in [1.165, 1.54) is 4.90 Å². The van der Waals surface area contributed by atoms with E-state index in [4.69, 9.17) is 39.5 Å². The summed E-state index contributed by atoms with van der Waals surface area (Å²) in [6.45, 7) is 2.41. The molecule has 2 amide bonds. The second kappa shape index (κ2) is 9.03. The molecule has 1 saturated heterocycles. The van der Waals surface area contributed by atoms with Gasteiger partial charge in [0, 0.05) is 28.7 Å². The van der Waals surface area contributed by atoms with Crippen LogP contribution in [0.25, 0.3) is 0 Å². The van der Waals surface area contributed by atoms with E-state index in [1.54, 1.807) is 35.2 Å². The summed E-state index contributed by atoms with van der Waals surface area (Å²) >= 11 is 18.2. The van der Waals surface area contributed by atoms with Crippen molar-refractivity contribution in [3.63, 3.8) is 0 Å². The van der Waals surface area contributed by atoms with Gasteiger partial charge in [-0.2, -0.15) is 0 Å². The SMILES string of the molecule is Cc1ccc(N(CN2CCCC2=O)C(=O)COc2ccc(Cl)cc2Cl)cc1Cl.